The first kappa shape index (κ1) is 10.6. The van der Waals surface area contributed by atoms with E-state index in [1.807, 2.05) is 25.1 Å². The highest BCUT2D eigenvalue weighted by Crippen LogP contribution is 2.23. The van der Waals surface area contributed by atoms with Crippen LogP contribution in [0.3, 0.4) is 0 Å². The molecule has 0 radical (unpaired) electrons. The molecule has 0 N–H and O–H groups in total. The summed E-state index contributed by atoms with van der Waals surface area (Å²) in [5.74, 6) is 0.838. The van der Waals surface area contributed by atoms with Crippen molar-refractivity contribution in [2.45, 2.75) is 18.2 Å². The molecule has 3 heteroatoms. The average Bonchev–Trinajstić information content (AvgIpc) is 2.12. The van der Waals surface area contributed by atoms with Crippen molar-refractivity contribution >= 4 is 29.6 Å². The number of thioether (sulfide) groups is 1. The van der Waals surface area contributed by atoms with E-state index in [-0.39, 0.29) is 0 Å². The van der Waals surface area contributed by atoms with E-state index in [0.29, 0.717) is 6.42 Å². The third-order valence-electron chi connectivity index (χ3n) is 1.63. The van der Waals surface area contributed by atoms with Crippen LogP contribution >= 0.6 is 23.4 Å². The molecule has 0 aliphatic heterocycles. The van der Waals surface area contributed by atoms with E-state index in [4.69, 9.17) is 11.6 Å². The topological polar surface area (TPSA) is 17.1 Å². The number of aldehydes is 1. The minimum Gasteiger partial charge on any atom is -0.303 e. The number of hydrogen-bond acceptors (Lipinski definition) is 2. The van der Waals surface area contributed by atoms with Crippen LogP contribution in [0.15, 0.2) is 23.1 Å². The van der Waals surface area contributed by atoms with Crippen LogP contribution in [-0.4, -0.2) is 12.0 Å². The molecule has 0 amide bonds. The van der Waals surface area contributed by atoms with Gasteiger partial charge in [-0.1, -0.05) is 11.6 Å². The molecule has 0 aromatic heterocycles. The second-order valence-corrected chi connectivity index (χ2v) is 4.29. The van der Waals surface area contributed by atoms with Crippen LogP contribution in [-0.2, 0) is 4.79 Å². The van der Waals surface area contributed by atoms with Crippen LogP contribution in [0.25, 0.3) is 0 Å². The normalized spacial score (nSPS) is 10.0. The molecule has 0 aliphatic rings. The summed E-state index contributed by atoms with van der Waals surface area (Å²) in [5, 5.41) is 0.791. The van der Waals surface area contributed by atoms with Gasteiger partial charge in [0.05, 0.1) is 0 Å². The minimum atomic E-state index is 0.604. The molecular weight excluding hydrogens is 204 g/mol. The fourth-order valence-corrected chi connectivity index (χ4v) is 1.92. The Labute approximate surface area is 87.5 Å². The zero-order chi connectivity index (χ0) is 9.68. The lowest BCUT2D eigenvalue weighted by Crippen LogP contribution is -1.82. The predicted octanol–water partition coefficient (Wildman–Crippen LogP) is 3.33. The first-order valence-corrected chi connectivity index (χ1v) is 5.43. The summed E-state index contributed by atoms with van der Waals surface area (Å²) >= 11 is 7.55. The van der Waals surface area contributed by atoms with Crippen molar-refractivity contribution in [1.82, 2.24) is 0 Å². The Morgan fingerprint density at radius 2 is 2.31 bits per heavy atom. The van der Waals surface area contributed by atoms with Gasteiger partial charge >= 0.3 is 0 Å². The molecule has 1 aromatic rings. The van der Waals surface area contributed by atoms with Gasteiger partial charge in [-0.15, -0.1) is 11.8 Å². The van der Waals surface area contributed by atoms with Gasteiger partial charge in [0.2, 0.25) is 0 Å². The average molecular weight is 215 g/mol. The van der Waals surface area contributed by atoms with E-state index in [2.05, 4.69) is 0 Å². The summed E-state index contributed by atoms with van der Waals surface area (Å²) < 4.78 is 0. The van der Waals surface area contributed by atoms with Gasteiger partial charge in [-0.25, -0.2) is 0 Å². The molecule has 70 valence electrons. The highest BCUT2D eigenvalue weighted by Gasteiger charge is 1.97. The monoisotopic (exact) mass is 214 g/mol. The largest absolute Gasteiger partial charge is 0.303 e. The molecule has 0 bridgehead atoms. The van der Waals surface area contributed by atoms with Crippen LogP contribution in [0.1, 0.15) is 12.0 Å². The lowest BCUT2D eigenvalue weighted by atomic mass is 10.2. The first-order chi connectivity index (χ1) is 6.24. The molecule has 0 saturated carbocycles. The minimum absolute atomic E-state index is 0.604. The van der Waals surface area contributed by atoms with Crippen molar-refractivity contribution in [2.24, 2.45) is 0 Å². The van der Waals surface area contributed by atoms with Gasteiger partial charge in [0.25, 0.3) is 0 Å². The smallest absolute Gasteiger partial charge is 0.120 e. The number of aryl methyl sites for hydroxylation is 1. The van der Waals surface area contributed by atoms with Crippen molar-refractivity contribution < 1.29 is 4.79 Å². The van der Waals surface area contributed by atoms with Crippen molar-refractivity contribution in [3.63, 3.8) is 0 Å². The quantitative estimate of drug-likeness (QED) is 0.435. The molecule has 0 aliphatic carbocycles. The van der Waals surface area contributed by atoms with E-state index < -0.39 is 0 Å². The number of carbonyl (C=O) groups is 1. The molecule has 0 saturated heterocycles. The van der Waals surface area contributed by atoms with E-state index in [1.54, 1.807) is 11.8 Å². The molecule has 13 heavy (non-hydrogen) atoms. The molecule has 0 unspecified atom stereocenters. The van der Waals surface area contributed by atoms with Gasteiger partial charge in [-0.2, -0.15) is 0 Å². The van der Waals surface area contributed by atoms with E-state index in [1.165, 1.54) is 4.90 Å². The van der Waals surface area contributed by atoms with E-state index in [9.17, 15) is 4.79 Å². The summed E-state index contributed by atoms with van der Waals surface area (Å²) in [6, 6.07) is 5.91. The number of halogens is 1. The second-order valence-electron chi connectivity index (χ2n) is 2.71. The number of carbonyl (C=O) groups excluding carboxylic acids is 1. The van der Waals surface area contributed by atoms with Gasteiger partial charge < -0.3 is 4.79 Å². The van der Waals surface area contributed by atoms with Crippen LogP contribution in [0.4, 0.5) is 0 Å². The van der Waals surface area contributed by atoms with Crippen molar-refractivity contribution in [3.05, 3.63) is 28.8 Å². The Balaban J connectivity index is 2.57. The van der Waals surface area contributed by atoms with Crippen molar-refractivity contribution in [1.29, 1.82) is 0 Å². The maximum absolute atomic E-state index is 10.1. The third-order valence-corrected chi connectivity index (χ3v) is 3.09. The fraction of sp³-hybridized carbons (Fsp3) is 0.300. The number of benzene rings is 1. The Hall–Kier alpha value is -0.470. The van der Waals surface area contributed by atoms with E-state index >= 15 is 0 Å². The predicted molar refractivity (Wildman–Crippen MR) is 57.6 cm³/mol. The van der Waals surface area contributed by atoms with E-state index in [0.717, 1.165) is 22.6 Å². The lowest BCUT2D eigenvalue weighted by Gasteiger charge is -2.02. The van der Waals surface area contributed by atoms with Crippen molar-refractivity contribution in [2.75, 3.05) is 5.75 Å². The third kappa shape index (κ3) is 3.41. The fourth-order valence-electron chi connectivity index (χ4n) is 0.932. The molecule has 0 fully saturated rings. The highest BCUT2D eigenvalue weighted by molar-refractivity contribution is 7.99. The molecule has 0 spiro atoms. The number of hydrogen-bond donors (Lipinski definition) is 0. The Kier molecular flexibility index (Phi) is 4.33. The molecular formula is C10H11ClOS. The maximum atomic E-state index is 10.1. The standard InChI is InChI=1S/C10H11ClOS/c1-8-7-9(3-4-10(8)11)13-6-2-5-12/h3-5,7H,2,6H2,1H3. The summed E-state index contributed by atoms with van der Waals surface area (Å²) in [4.78, 5) is 11.3. The van der Waals surface area contributed by atoms with Gasteiger partial charge in [0, 0.05) is 22.1 Å². The zero-order valence-corrected chi connectivity index (χ0v) is 8.99. The second kappa shape index (κ2) is 5.30. The Bertz CT molecular complexity index is 299. The van der Waals surface area contributed by atoms with Crippen LogP contribution < -0.4 is 0 Å². The van der Waals surface area contributed by atoms with Gasteiger partial charge in [0.15, 0.2) is 0 Å². The maximum Gasteiger partial charge on any atom is 0.120 e. The lowest BCUT2D eigenvalue weighted by molar-refractivity contribution is -0.107. The highest BCUT2D eigenvalue weighted by atomic mass is 35.5. The molecule has 1 rings (SSSR count). The Morgan fingerprint density at radius 1 is 1.54 bits per heavy atom. The summed E-state index contributed by atoms with van der Waals surface area (Å²) in [6.07, 6.45) is 1.54. The first-order valence-electron chi connectivity index (χ1n) is 4.06. The zero-order valence-electron chi connectivity index (χ0n) is 7.42. The summed E-state index contributed by atoms with van der Waals surface area (Å²) in [7, 11) is 0. The van der Waals surface area contributed by atoms with Crippen LogP contribution in [0.5, 0.6) is 0 Å². The summed E-state index contributed by atoms with van der Waals surface area (Å²) in [6.45, 7) is 1.98. The van der Waals surface area contributed by atoms with Crippen LogP contribution in [0, 0.1) is 6.92 Å². The van der Waals surface area contributed by atoms with Gasteiger partial charge in [-0.3, -0.25) is 0 Å². The van der Waals surface area contributed by atoms with Crippen molar-refractivity contribution in [3.8, 4) is 0 Å². The van der Waals surface area contributed by atoms with Gasteiger partial charge in [0.1, 0.15) is 6.29 Å². The molecule has 0 heterocycles. The summed E-state index contributed by atoms with van der Waals surface area (Å²) in [5.41, 5.74) is 1.08. The molecule has 0 atom stereocenters. The number of rotatable bonds is 4. The molecule has 1 nitrogen and oxygen atoms in total. The Morgan fingerprint density at radius 3 is 2.92 bits per heavy atom. The van der Waals surface area contributed by atoms with Crippen LogP contribution in [0.2, 0.25) is 5.02 Å². The molecule has 1 aromatic carbocycles. The van der Waals surface area contributed by atoms with Gasteiger partial charge in [-0.05, 0) is 30.7 Å². The SMILES string of the molecule is Cc1cc(SCCC=O)ccc1Cl.